The Morgan fingerprint density at radius 3 is 2.24 bits per heavy atom. The first kappa shape index (κ1) is 31.3. The van der Waals surface area contributed by atoms with E-state index in [1.54, 1.807) is 49.4 Å². The second kappa shape index (κ2) is 11.9. The molecule has 0 radical (unpaired) electrons. The minimum Gasteiger partial charge on any atom is -0.502 e. The molecule has 2 aliphatic heterocycles. The van der Waals surface area contributed by atoms with Crippen LogP contribution in [0.5, 0.6) is 17.2 Å². The van der Waals surface area contributed by atoms with Crippen LogP contribution in [0.4, 0.5) is 5.69 Å². The number of hydrogen-bond donors (Lipinski definition) is 2. The lowest BCUT2D eigenvalue weighted by Gasteiger charge is -2.49. The van der Waals surface area contributed by atoms with Gasteiger partial charge in [0, 0.05) is 18.9 Å². The van der Waals surface area contributed by atoms with E-state index < -0.39 is 41.0 Å². The van der Waals surface area contributed by atoms with Crippen molar-refractivity contribution in [3.63, 3.8) is 0 Å². The van der Waals surface area contributed by atoms with Gasteiger partial charge in [0.2, 0.25) is 29.4 Å². The molecule has 242 valence electrons. The summed E-state index contributed by atoms with van der Waals surface area (Å²) in [5, 5.41) is 19.7. The fourth-order valence-corrected chi connectivity index (χ4v) is 8.31. The zero-order valence-electron chi connectivity index (χ0n) is 26.1. The number of carbonyl (C=O) groups excluding carboxylic acids is 4. The van der Waals surface area contributed by atoms with Gasteiger partial charge >= 0.3 is 5.97 Å². The van der Waals surface area contributed by atoms with Gasteiger partial charge in [-0.3, -0.25) is 28.9 Å². The molecular weight excluding hydrogens is 592 g/mol. The van der Waals surface area contributed by atoms with E-state index in [-0.39, 0.29) is 60.3 Å². The molecule has 2 saturated heterocycles. The van der Waals surface area contributed by atoms with Gasteiger partial charge in [-0.25, -0.2) is 4.90 Å². The minimum atomic E-state index is -1.25. The highest BCUT2D eigenvalue weighted by molar-refractivity contribution is 6.24. The third-order valence-electron chi connectivity index (χ3n) is 10.5. The van der Waals surface area contributed by atoms with Crippen LogP contribution in [0, 0.1) is 29.1 Å². The Morgan fingerprint density at radius 2 is 1.61 bits per heavy atom. The van der Waals surface area contributed by atoms with Crippen molar-refractivity contribution in [2.75, 3.05) is 25.7 Å². The Labute approximate surface area is 266 Å². The van der Waals surface area contributed by atoms with Gasteiger partial charge in [0.1, 0.15) is 0 Å². The SMILES string of the molecule is COc1cc([C@H]2C3=CC[C@@H]4C(=O)N(CCCCCC(=O)O)C(=O)[C@@H]4[C@@H]3C[C@H]3C(=O)N(c4ccccc4)C(=O)[C@@]23C)cc(OC)c1O. The number of methoxy groups -OCH3 is 2. The van der Waals surface area contributed by atoms with Gasteiger partial charge in [0.15, 0.2) is 11.5 Å². The first-order chi connectivity index (χ1) is 22.0. The monoisotopic (exact) mass is 630 g/mol. The summed E-state index contributed by atoms with van der Waals surface area (Å²) < 4.78 is 10.9. The quantitative estimate of drug-likeness (QED) is 0.223. The number of para-hydroxylation sites is 1. The molecule has 11 heteroatoms. The molecule has 11 nitrogen and oxygen atoms in total. The van der Waals surface area contributed by atoms with Gasteiger partial charge in [-0.2, -0.15) is 0 Å². The number of nitrogens with zero attached hydrogens (tertiary/aromatic N) is 2. The number of unbranched alkanes of at least 4 members (excludes halogenated alkanes) is 2. The van der Waals surface area contributed by atoms with Gasteiger partial charge in [0.05, 0.1) is 43.1 Å². The van der Waals surface area contributed by atoms with Gasteiger partial charge in [-0.1, -0.05) is 36.3 Å². The average Bonchev–Trinajstić information content (AvgIpc) is 3.40. The number of aliphatic carboxylic acids is 1. The van der Waals surface area contributed by atoms with Gasteiger partial charge in [-0.05, 0) is 68.4 Å². The number of aromatic hydroxyl groups is 1. The van der Waals surface area contributed by atoms with Gasteiger partial charge in [-0.15, -0.1) is 0 Å². The molecule has 1 saturated carbocycles. The lowest BCUT2D eigenvalue weighted by molar-refractivity contribution is -0.141. The number of hydrogen-bond acceptors (Lipinski definition) is 8. The van der Waals surface area contributed by atoms with Crippen molar-refractivity contribution < 1.29 is 43.7 Å². The van der Waals surface area contributed by atoms with Crippen molar-refractivity contribution >= 4 is 35.3 Å². The van der Waals surface area contributed by atoms with Crippen LogP contribution in [0.3, 0.4) is 0 Å². The number of benzene rings is 2. The van der Waals surface area contributed by atoms with Crippen LogP contribution in [0.1, 0.15) is 56.9 Å². The van der Waals surface area contributed by atoms with E-state index in [1.807, 2.05) is 6.08 Å². The fourth-order valence-electron chi connectivity index (χ4n) is 8.31. The molecule has 46 heavy (non-hydrogen) atoms. The summed E-state index contributed by atoms with van der Waals surface area (Å²) in [6, 6.07) is 12.1. The van der Waals surface area contributed by atoms with Crippen LogP contribution in [-0.2, 0) is 24.0 Å². The number of likely N-dealkylation sites (tertiary alicyclic amines) is 1. The largest absolute Gasteiger partial charge is 0.502 e. The highest BCUT2D eigenvalue weighted by Crippen LogP contribution is 2.64. The van der Waals surface area contributed by atoms with Gasteiger partial charge in [0.25, 0.3) is 0 Å². The lowest BCUT2D eigenvalue weighted by Crippen LogP contribution is -2.48. The van der Waals surface area contributed by atoms with E-state index in [2.05, 4.69) is 0 Å². The molecule has 3 fully saturated rings. The zero-order chi connectivity index (χ0) is 32.9. The Morgan fingerprint density at radius 1 is 0.935 bits per heavy atom. The molecule has 0 aromatic heterocycles. The molecule has 2 N–H and O–H groups in total. The Kier molecular flexibility index (Phi) is 8.12. The normalized spacial score (nSPS) is 28.5. The fraction of sp³-hybridized carbons (Fsp3) is 0.457. The maximum atomic E-state index is 14.5. The van der Waals surface area contributed by atoms with Crippen molar-refractivity contribution in [3.8, 4) is 17.2 Å². The van der Waals surface area contributed by atoms with E-state index >= 15 is 0 Å². The number of allylic oxidation sites excluding steroid dienone is 2. The summed E-state index contributed by atoms with van der Waals surface area (Å²) in [6.07, 6.45) is 4.08. The second-order valence-corrected chi connectivity index (χ2v) is 12.8. The zero-order valence-corrected chi connectivity index (χ0v) is 26.1. The molecular formula is C35H38N2O9. The van der Waals surface area contributed by atoms with E-state index in [4.69, 9.17) is 14.6 Å². The summed E-state index contributed by atoms with van der Waals surface area (Å²) in [7, 11) is 2.83. The first-order valence-corrected chi connectivity index (χ1v) is 15.7. The molecule has 0 unspecified atom stereocenters. The maximum Gasteiger partial charge on any atom is 0.303 e. The Bertz CT molecular complexity index is 1610. The Hall–Kier alpha value is -4.67. The minimum absolute atomic E-state index is 0.0314. The number of amides is 4. The number of rotatable bonds is 10. The second-order valence-electron chi connectivity index (χ2n) is 12.8. The average molecular weight is 631 g/mol. The molecule has 4 amide bonds. The molecule has 4 aliphatic rings. The van der Waals surface area contributed by atoms with E-state index in [9.17, 15) is 29.1 Å². The third kappa shape index (κ3) is 4.75. The molecule has 6 atom stereocenters. The highest BCUT2D eigenvalue weighted by atomic mass is 16.5. The highest BCUT2D eigenvalue weighted by Gasteiger charge is 2.67. The van der Waals surface area contributed by atoms with Crippen molar-refractivity contribution in [3.05, 3.63) is 59.7 Å². The number of phenols is 1. The van der Waals surface area contributed by atoms with Crippen LogP contribution in [0.25, 0.3) is 0 Å². The maximum absolute atomic E-state index is 14.5. The summed E-state index contributed by atoms with van der Waals surface area (Å²) in [4.78, 5) is 69.8. The summed E-state index contributed by atoms with van der Waals surface area (Å²) in [5.41, 5.74) is 0.625. The van der Waals surface area contributed by atoms with Crippen LogP contribution in [0.2, 0.25) is 0 Å². The predicted octanol–water partition coefficient (Wildman–Crippen LogP) is 4.29. The van der Waals surface area contributed by atoms with Gasteiger partial charge < -0.3 is 19.7 Å². The third-order valence-corrected chi connectivity index (χ3v) is 10.5. The van der Waals surface area contributed by atoms with Crippen molar-refractivity contribution in [2.24, 2.45) is 29.1 Å². The smallest absolute Gasteiger partial charge is 0.303 e. The summed E-state index contributed by atoms with van der Waals surface area (Å²) in [5.74, 6) is -5.26. The number of carboxylic acids is 1. The summed E-state index contributed by atoms with van der Waals surface area (Å²) in [6.45, 7) is 2.01. The van der Waals surface area contributed by atoms with Crippen molar-refractivity contribution in [1.82, 2.24) is 4.90 Å². The number of carboxylic acid groups (broad SMARTS) is 1. The van der Waals surface area contributed by atoms with Crippen molar-refractivity contribution in [1.29, 1.82) is 0 Å². The van der Waals surface area contributed by atoms with Crippen LogP contribution in [0.15, 0.2) is 54.1 Å². The number of ether oxygens (including phenoxy) is 2. The number of carbonyl (C=O) groups is 5. The Balaban J connectivity index is 1.42. The van der Waals surface area contributed by atoms with E-state index in [0.29, 0.717) is 36.9 Å². The standard InChI is InChI=1S/C35H38N2O9/c1-35-24(32(42)37(34(35)44)20-10-6-4-7-11-20)18-23-21(29(35)19-16-25(45-2)30(40)26(17-19)46-3)13-14-22-28(23)33(43)36(31(22)41)15-9-5-8-12-27(38)39/h4,6-7,10-11,13,16-17,22-24,28-29,40H,5,8-9,12,14-15,18H2,1-3H3,(H,38,39)/t22-,23+,24-,28-,29-,35+/m0/s1. The molecule has 2 aliphatic carbocycles. The molecule has 0 spiro atoms. The number of anilines is 1. The van der Waals surface area contributed by atoms with Crippen molar-refractivity contribution in [2.45, 2.75) is 51.4 Å². The predicted molar refractivity (Wildman–Crippen MR) is 165 cm³/mol. The topological polar surface area (TPSA) is 151 Å². The van der Waals surface area contributed by atoms with Crippen LogP contribution in [-0.4, -0.2) is 65.5 Å². The number of phenolic OH excluding ortho intramolecular Hbond substituents is 1. The van der Waals surface area contributed by atoms with E-state index in [1.165, 1.54) is 24.0 Å². The lowest BCUT2D eigenvalue weighted by atomic mass is 9.51. The molecule has 2 aromatic carbocycles. The number of fused-ring (bicyclic) bond motifs is 4. The van der Waals surface area contributed by atoms with Crippen LogP contribution >= 0.6 is 0 Å². The molecule has 6 rings (SSSR count). The first-order valence-electron chi connectivity index (χ1n) is 15.7. The van der Waals surface area contributed by atoms with Crippen LogP contribution < -0.4 is 14.4 Å². The molecule has 2 aromatic rings. The number of imide groups is 2. The summed E-state index contributed by atoms with van der Waals surface area (Å²) >= 11 is 0. The molecule has 2 heterocycles. The molecule has 0 bridgehead atoms. The van der Waals surface area contributed by atoms with E-state index in [0.717, 1.165) is 5.57 Å².